The molecular weight excluding hydrogens is 312 g/mol. The molecule has 4 rings (SSSR count). The molecule has 0 aliphatic heterocycles. The van der Waals surface area contributed by atoms with Crippen molar-refractivity contribution in [1.29, 1.82) is 0 Å². The van der Waals surface area contributed by atoms with Gasteiger partial charge in [-0.25, -0.2) is 9.97 Å². The quantitative estimate of drug-likeness (QED) is 0.929. The first-order valence-corrected chi connectivity index (χ1v) is 9.38. The van der Waals surface area contributed by atoms with Crippen LogP contribution in [0.15, 0.2) is 30.7 Å². The average molecular weight is 336 g/mol. The van der Waals surface area contributed by atoms with Crippen molar-refractivity contribution in [1.82, 2.24) is 20.3 Å². The number of carbonyl (C=O) groups is 1. The van der Waals surface area contributed by atoms with Gasteiger partial charge in [0, 0.05) is 41.3 Å². The van der Waals surface area contributed by atoms with Crippen LogP contribution in [0, 0.1) is 5.92 Å². The highest BCUT2D eigenvalue weighted by molar-refractivity contribution is 5.79. The maximum Gasteiger partial charge on any atom is 0.223 e. The number of nitrogens with zero attached hydrogens (tertiary/aromatic N) is 3. The molecule has 1 N–H and O–H groups in total. The minimum Gasteiger partial charge on any atom is -0.349 e. The Kier molecular flexibility index (Phi) is 4.72. The van der Waals surface area contributed by atoms with Crippen LogP contribution in [-0.4, -0.2) is 20.9 Å². The molecule has 1 amide bonds. The van der Waals surface area contributed by atoms with Gasteiger partial charge in [0.05, 0.1) is 6.04 Å². The second-order valence-corrected chi connectivity index (χ2v) is 7.13. The molecule has 1 fully saturated rings. The zero-order valence-electron chi connectivity index (χ0n) is 14.4. The second kappa shape index (κ2) is 7.30. The van der Waals surface area contributed by atoms with Crippen molar-refractivity contribution >= 4 is 5.91 Å². The molecule has 1 unspecified atom stereocenters. The molecule has 25 heavy (non-hydrogen) atoms. The van der Waals surface area contributed by atoms with Gasteiger partial charge >= 0.3 is 0 Å². The van der Waals surface area contributed by atoms with E-state index in [1.807, 2.05) is 18.3 Å². The van der Waals surface area contributed by atoms with Crippen molar-refractivity contribution in [2.45, 2.75) is 57.4 Å². The minimum atomic E-state index is 0.0566. The fourth-order valence-corrected chi connectivity index (χ4v) is 3.99. The first kappa shape index (κ1) is 16.2. The van der Waals surface area contributed by atoms with E-state index in [0.717, 1.165) is 48.9 Å². The smallest absolute Gasteiger partial charge is 0.223 e. The third-order valence-corrected chi connectivity index (χ3v) is 5.39. The number of carbonyl (C=O) groups excluding carboxylic acids is 1. The number of hydrogen-bond donors (Lipinski definition) is 1. The first-order valence-electron chi connectivity index (χ1n) is 9.38. The van der Waals surface area contributed by atoms with Gasteiger partial charge in [0.25, 0.3) is 0 Å². The van der Waals surface area contributed by atoms with Crippen LogP contribution in [0.4, 0.5) is 0 Å². The van der Waals surface area contributed by atoms with Crippen molar-refractivity contribution in [2.75, 3.05) is 0 Å². The van der Waals surface area contributed by atoms with E-state index in [0.29, 0.717) is 5.82 Å². The molecule has 0 bridgehead atoms. The molecule has 0 spiro atoms. The highest BCUT2D eigenvalue weighted by Gasteiger charge is 2.27. The summed E-state index contributed by atoms with van der Waals surface area (Å²) >= 11 is 0. The molecule has 1 atom stereocenters. The number of aromatic nitrogens is 3. The third-order valence-electron chi connectivity index (χ3n) is 5.39. The molecule has 5 heteroatoms. The predicted octanol–water partition coefficient (Wildman–Crippen LogP) is 3.61. The van der Waals surface area contributed by atoms with Crippen molar-refractivity contribution in [2.24, 2.45) is 5.92 Å². The van der Waals surface area contributed by atoms with Crippen LogP contribution < -0.4 is 5.32 Å². The van der Waals surface area contributed by atoms with Crippen molar-refractivity contribution in [3.63, 3.8) is 0 Å². The fourth-order valence-electron chi connectivity index (χ4n) is 3.99. The lowest BCUT2D eigenvalue weighted by molar-refractivity contribution is -0.126. The number of pyridine rings is 1. The predicted molar refractivity (Wildman–Crippen MR) is 95.7 cm³/mol. The van der Waals surface area contributed by atoms with E-state index in [-0.39, 0.29) is 17.9 Å². The van der Waals surface area contributed by atoms with E-state index in [1.165, 1.54) is 19.3 Å². The molecule has 0 radical (unpaired) electrons. The van der Waals surface area contributed by atoms with Crippen LogP contribution in [0.2, 0.25) is 0 Å². The Morgan fingerprint density at radius 2 is 1.96 bits per heavy atom. The molecule has 0 saturated heterocycles. The van der Waals surface area contributed by atoms with Crippen molar-refractivity contribution < 1.29 is 4.79 Å². The van der Waals surface area contributed by atoms with Gasteiger partial charge in [0.1, 0.15) is 0 Å². The lowest BCUT2D eigenvalue weighted by Crippen LogP contribution is -2.36. The Morgan fingerprint density at radius 1 is 1.08 bits per heavy atom. The molecule has 2 aliphatic carbocycles. The Morgan fingerprint density at radius 3 is 2.76 bits per heavy atom. The summed E-state index contributed by atoms with van der Waals surface area (Å²) in [5.41, 5.74) is 3.08. The monoisotopic (exact) mass is 336 g/mol. The zero-order valence-corrected chi connectivity index (χ0v) is 14.4. The second-order valence-electron chi connectivity index (χ2n) is 7.13. The first-order chi connectivity index (χ1) is 12.3. The van der Waals surface area contributed by atoms with Gasteiger partial charge in [-0.3, -0.25) is 9.78 Å². The normalized spacial score (nSPS) is 20.7. The van der Waals surface area contributed by atoms with Gasteiger partial charge in [-0.05, 0) is 44.2 Å². The highest BCUT2D eigenvalue weighted by Crippen LogP contribution is 2.31. The van der Waals surface area contributed by atoms with Crippen molar-refractivity contribution in [3.8, 4) is 11.4 Å². The maximum absolute atomic E-state index is 12.6. The van der Waals surface area contributed by atoms with E-state index in [2.05, 4.69) is 15.3 Å². The number of rotatable bonds is 3. The number of aryl methyl sites for hydroxylation is 1. The Bertz CT molecular complexity index is 741. The molecule has 2 aliphatic rings. The number of amides is 1. The van der Waals surface area contributed by atoms with Gasteiger partial charge < -0.3 is 5.32 Å². The summed E-state index contributed by atoms with van der Waals surface area (Å²) in [6, 6.07) is 3.92. The standard InChI is InChI=1S/C20H24N4O/c25-20(14-6-2-1-3-7-14)24-18-10-4-9-17-16(18)13-22-19(23-17)15-8-5-11-21-12-15/h5,8,11-14,18H,1-4,6-7,9-10H2,(H,24,25). The van der Waals surface area contributed by atoms with Gasteiger partial charge in [-0.2, -0.15) is 0 Å². The lowest BCUT2D eigenvalue weighted by Gasteiger charge is -2.28. The van der Waals surface area contributed by atoms with Gasteiger partial charge in [0.2, 0.25) is 5.91 Å². The summed E-state index contributed by atoms with van der Waals surface area (Å²) < 4.78 is 0. The Labute approximate surface area is 148 Å². The summed E-state index contributed by atoms with van der Waals surface area (Å²) in [7, 11) is 0. The fraction of sp³-hybridized carbons (Fsp3) is 0.500. The average Bonchev–Trinajstić information content (AvgIpc) is 2.69. The summed E-state index contributed by atoms with van der Waals surface area (Å²) in [6.45, 7) is 0. The van der Waals surface area contributed by atoms with E-state index in [9.17, 15) is 4.79 Å². The zero-order chi connectivity index (χ0) is 17.1. The van der Waals surface area contributed by atoms with E-state index >= 15 is 0 Å². The third kappa shape index (κ3) is 3.55. The molecule has 5 nitrogen and oxygen atoms in total. The minimum absolute atomic E-state index is 0.0566. The molecule has 2 heterocycles. The largest absolute Gasteiger partial charge is 0.349 e. The lowest BCUT2D eigenvalue weighted by atomic mass is 9.87. The van der Waals surface area contributed by atoms with Crippen LogP contribution in [0.3, 0.4) is 0 Å². The number of nitrogens with one attached hydrogen (secondary N) is 1. The molecular formula is C20H24N4O. The van der Waals surface area contributed by atoms with Crippen LogP contribution in [0.25, 0.3) is 11.4 Å². The number of hydrogen-bond acceptors (Lipinski definition) is 4. The van der Waals surface area contributed by atoms with Crippen LogP contribution >= 0.6 is 0 Å². The molecule has 2 aromatic heterocycles. The van der Waals surface area contributed by atoms with Gasteiger partial charge in [-0.1, -0.05) is 19.3 Å². The van der Waals surface area contributed by atoms with E-state index in [4.69, 9.17) is 4.98 Å². The van der Waals surface area contributed by atoms with E-state index in [1.54, 1.807) is 12.4 Å². The van der Waals surface area contributed by atoms with Gasteiger partial charge in [0.15, 0.2) is 5.82 Å². The Balaban J connectivity index is 1.52. The summed E-state index contributed by atoms with van der Waals surface area (Å²) in [5.74, 6) is 1.12. The Hall–Kier alpha value is -2.30. The van der Waals surface area contributed by atoms with Gasteiger partial charge in [-0.15, -0.1) is 0 Å². The molecule has 1 saturated carbocycles. The van der Waals surface area contributed by atoms with Crippen LogP contribution in [-0.2, 0) is 11.2 Å². The summed E-state index contributed by atoms with van der Waals surface area (Å²) in [6.07, 6.45) is 14.1. The topological polar surface area (TPSA) is 67.8 Å². The SMILES string of the molecule is O=C(NC1CCCc2nc(-c3cccnc3)ncc21)C1CCCCC1. The van der Waals surface area contributed by atoms with Crippen molar-refractivity contribution in [3.05, 3.63) is 42.0 Å². The highest BCUT2D eigenvalue weighted by atomic mass is 16.1. The molecule has 2 aromatic rings. The van der Waals surface area contributed by atoms with Crippen LogP contribution in [0.1, 0.15) is 62.2 Å². The van der Waals surface area contributed by atoms with Crippen LogP contribution in [0.5, 0.6) is 0 Å². The molecule has 130 valence electrons. The summed E-state index contributed by atoms with van der Waals surface area (Å²) in [4.78, 5) is 26.0. The molecule has 0 aromatic carbocycles. The van der Waals surface area contributed by atoms with E-state index < -0.39 is 0 Å². The maximum atomic E-state index is 12.6. The number of fused-ring (bicyclic) bond motifs is 1. The summed E-state index contributed by atoms with van der Waals surface area (Å²) in [5, 5.41) is 3.27.